The number of benzene rings is 1. The van der Waals surface area contributed by atoms with E-state index < -0.39 is 85.7 Å². The van der Waals surface area contributed by atoms with E-state index >= 15 is 0 Å². The Morgan fingerprint density at radius 1 is 0.778 bits per heavy atom. The average Bonchev–Trinajstić information content (AvgIpc) is 2.79. The summed E-state index contributed by atoms with van der Waals surface area (Å²) in [6.07, 6.45) is -1.98. The van der Waals surface area contributed by atoms with Gasteiger partial charge >= 0.3 is 17.9 Å². The van der Waals surface area contributed by atoms with Crippen molar-refractivity contribution >= 4 is 35.6 Å². The molecule has 0 radical (unpaired) electrons. The van der Waals surface area contributed by atoms with Crippen LogP contribution in [0.5, 0.6) is 5.75 Å². The van der Waals surface area contributed by atoms with Crippen molar-refractivity contribution < 1.29 is 54.3 Å². The molecule has 0 saturated heterocycles. The third-order valence-electron chi connectivity index (χ3n) is 4.82. The van der Waals surface area contributed by atoms with Gasteiger partial charge in [0.1, 0.15) is 23.9 Å². The maximum Gasteiger partial charge on any atom is 0.328 e. The van der Waals surface area contributed by atoms with E-state index in [1.807, 2.05) is 5.32 Å². The summed E-state index contributed by atoms with van der Waals surface area (Å²) in [7, 11) is 0. The fraction of sp³-hybridized carbons (Fsp3) is 0.429. The van der Waals surface area contributed by atoms with Gasteiger partial charge in [0.15, 0.2) is 0 Å². The molecular weight excluding hydrogens is 484 g/mol. The first-order valence-electron chi connectivity index (χ1n) is 10.6. The summed E-state index contributed by atoms with van der Waals surface area (Å²) in [6, 6.07) is -0.714. The Labute approximate surface area is 204 Å². The number of aromatic hydroxyl groups is 1. The third-order valence-corrected chi connectivity index (χ3v) is 4.82. The number of aliphatic hydroxyl groups is 1. The molecule has 36 heavy (non-hydrogen) atoms. The molecule has 0 fully saturated rings. The molecule has 0 bridgehead atoms. The highest BCUT2D eigenvalue weighted by Crippen LogP contribution is 2.12. The van der Waals surface area contributed by atoms with Crippen LogP contribution in [0.15, 0.2) is 24.3 Å². The Bertz CT molecular complexity index is 967. The number of aliphatic carboxylic acids is 3. The predicted molar refractivity (Wildman–Crippen MR) is 119 cm³/mol. The minimum Gasteiger partial charge on any atom is -0.508 e. The minimum atomic E-state index is -1.72. The molecular formula is C21H28N4O11. The van der Waals surface area contributed by atoms with Crippen LogP contribution in [0.3, 0.4) is 0 Å². The van der Waals surface area contributed by atoms with Gasteiger partial charge in [0, 0.05) is 12.8 Å². The zero-order valence-electron chi connectivity index (χ0n) is 18.9. The molecule has 0 aliphatic carbocycles. The van der Waals surface area contributed by atoms with Crippen molar-refractivity contribution in [3.8, 4) is 5.75 Å². The number of hydrogen-bond donors (Lipinski definition) is 9. The molecule has 0 aromatic heterocycles. The second-order valence-corrected chi connectivity index (χ2v) is 7.71. The summed E-state index contributed by atoms with van der Waals surface area (Å²) < 4.78 is 0. The van der Waals surface area contributed by atoms with Crippen molar-refractivity contribution in [1.29, 1.82) is 0 Å². The lowest BCUT2D eigenvalue weighted by Crippen LogP contribution is -2.58. The largest absolute Gasteiger partial charge is 0.508 e. The van der Waals surface area contributed by atoms with Crippen molar-refractivity contribution in [2.45, 2.75) is 49.9 Å². The smallest absolute Gasteiger partial charge is 0.328 e. The summed E-state index contributed by atoms with van der Waals surface area (Å²) in [5, 5.41) is 51.9. The van der Waals surface area contributed by atoms with Crippen LogP contribution in [0.1, 0.15) is 24.8 Å². The van der Waals surface area contributed by atoms with Crippen LogP contribution in [0.2, 0.25) is 0 Å². The molecule has 1 rings (SSSR count). The number of carbonyl (C=O) groups is 6. The zero-order valence-corrected chi connectivity index (χ0v) is 18.9. The van der Waals surface area contributed by atoms with Gasteiger partial charge in [-0.1, -0.05) is 12.1 Å². The van der Waals surface area contributed by atoms with E-state index in [4.69, 9.17) is 26.2 Å². The van der Waals surface area contributed by atoms with Crippen LogP contribution in [0.25, 0.3) is 0 Å². The van der Waals surface area contributed by atoms with Crippen molar-refractivity contribution in [3.05, 3.63) is 29.8 Å². The van der Waals surface area contributed by atoms with Gasteiger partial charge in [-0.2, -0.15) is 0 Å². The van der Waals surface area contributed by atoms with Gasteiger partial charge in [0.2, 0.25) is 17.7 Å². The molecule has 198 valence electrons. The van der Waals surface area contributed by atoms with E-state index in [-0.39, 0.29) is 12.2 Å². The number of phenolic OH excluding ortho intramolecular Hbond substituents is 1. The van der Waals surface area contributed by atoms with E-state index in [0.29, 0.717) is 5.56 Å². The average molecular weight is 512 g/mol. The maximum absolute atomic E-state index is 13.0. The fourth-order valence-electron chi connectivity index (χ4n) is 2.90. The van der Waals surface area contributed by atoms with E-state index in [1.54, 1.807) is 0 Å². The molecule has 0 spiro atoms. The Morgan fingerprint density at radius 2 is 1.31 bits per heavy atom. The molecule has 1 aromatic rings. The molecule has 4 unspecified atom stereocenters. The van der Waals surface area contributed by atoms with Crippen LogP contribution in [0, 0.1) is 0 Å². The first kappa shape index (κ1) is 29.8. The molecule has 0 aliphatic rings. The SMILES string of the molecule is NC(CC(=O)O)C(=O)NC(Cc1ccc(O)cc1)C(=O)NC(CCC(=O)O)C(=O)NC(CO)C(=O)O. The third kappa shape index (κ3) is 10.4. The van der Waals surface area contributed by atoms with E-state index in [9.17, 15) is 33.9 Å². The van der Waals surface area contributed by atoms with Crippen LogP contribution >= 0.6 is 0 Å². The first-order valence-corrected chi connectivity index (χ1v) is 10.6. The molecule has 1 aromatic carbocycles. The number of rotatable bonds is 15. The van der Waals surface area contributed by atoms with Gasteiger partial charge in [-0.3, -0.25) is 24.0 Å². The molecule has 4 atom stereocenters. The highest BCUT2D eigenvalue weighted by Gasteiger charge is 2.31. The summed E-state index contributed by atoms with van der Waals surface area (Å²) in [6.45, 7) is -0.971. The lowest BCUT2D eigenvalue weighted by molar-refractivity contribution is -0.144. The highest BCUT2D eigenvalue weighted by atomic mass is 16.4. The van der Waals surface area contributed by atoms with Crippen LogP contribution in [-0.2, 0) is 35.2 Å². The molecule has 10 N–H and O–H groups in total. The summed E-state index contributed by atoms with van der Waals surface area (Å²) in [5.74, 6) is -7.39. The summed E-state index contributed by atoms with van der Waals surface area (Å²) in [4.78, 5) is 70.9. The molecule has 0 saturated carbocycles. The number of nitrogens with two attached hydrogens (primary N) is 1. The molecule has 3 amide bonds. The van der Waals surface area contributed by atoms with Gasteiger partial charge in [0.05, 0.1) is 19.1 Å². The standard InChI is InChI=1S/C21H28N4O11/c22-12(8-17(30)31)18(32)24-14(7-10-1-3-11(27)4-2-10)20(34)23-13(5-6-16(28)29)19(33)25-15(9-26)21(35)36/h1-4,12-15,26-27H,5-9,22H2,(H,23,34)(H,24,32)(H,25,33)(H,28,29)(H,30,31)(H,35,36). The first-order chi connectivity index (χ1) is 16.8. The number of phenols is 1. The van der Waals surface area contributed by atoms with Gasteiger partial charge in [0.25, 0.3) is 0 Å². The van der Waals surface area contributed by atoms with E-state index in [1.165, 1.54) is 24.3 Å². The Kier molecular flexibility index (Phi) is 11.8. The lowest BCUT2D eigenvalue weighted by atomic mass is 10.0. The zero-order chi connectivity index (χ0) is 27.4. The number of amides is 3. The second kappa shape index (κ2) is 14.2. The Morgan fingerprint density at radius 3 is 1.81 bits per heavy atom. The molecule has 15 nitrogen and oxygen atoms in total. The van der Waals surface area contributed by atoms with Gasteiger partial charge in [-0.05, 0) is 24.1 Å². The Balaban J connectivity index is 3.14. The van der Waals surface area contributed by atoms with Gasteiger partial charge in [-0.15, -0.1) is 0 Å². The van der Waals surface area contributed by atoms with Crippen molar-refractivity contribution in [1.82, 2.24) is 16.0 Å². The summed E-state index contributed by atoms with van der Waals surface area (Å²) in [5.41, 5.74) is 5.98. The quantitative estimate of drug-likeness (QED) is 0.115. The van der Waals surface area contributed by atoms with E-state index in [0.717, 1.165) is 0 Å². The topological polar surface area (TPSA) is 266 Å². The van der Waals surface area contributed by atoms with Crippen molar-refractivity contribution in [2.24, 2.45) is 5.73 Å². The summed E-state index contributed by atoms with van der Waals surface area (Å²) >= 11 is 0. The van der Waals surface area contributed by atoms with Crippen LogP contribution in [-0.4, -0.2) is 91.9 Å². The lowest BCUT2D eigenvalue weighted by Gasteiger charge is -2.24. The van der Waals surface area contributed by atoms with Crippen LogP contribution < -0.4 is 21.7 Å². The number of carboxylic acid groups (broad SMARTS) is 3. The molecule has 0 heterocycles. The number of aliphatic hydroxyl groups excluding tert-OH is 1. The monoisotopic (exact) mass is 512 g/mol. The Hall–Kier alpha value is -4.24. The highest BCUT2D eigenvalue weighted by molar-refractivity contribution is 5.95. The maximum atomic E-state index is 13.0. The number of carbonyl (C=O) groups excluding carboxylic acids is 3. The number of nitrogens with one attached hydrogen (secondary N) is 3. The molecule has 0 aliphatic heterocycles. The van der Waals surface area contributed by atoms with Crippen LogP contribution in [0.4, 0.5) is 0 Å². The van der Waals surface area contributed by atoms with Gasteiger partial charge in [-0.25, -0.2) is 4.79 Å². The minimum absolute atomic E-state index is 0.0745. The molecule has 15 heteroatoms. The predicted octanol–water partition coefficient (Wildman–Crippen LogP) is -2.87. The number of hydrogen-bond acceptors (Lipinski definition) is 9. The van der Waals surface area contributed by atoms with Crippen molar-refractivity contribution in [3.63, 3.8) is 0 Å². The van der Waals surface area contributed by atoms with E-state index in [2.05, 4.69) is 10.6 Å². The normalized spacial score (nSPS) is 13.9. The second-order valence-electron chi connectivity index (χ2n) is 7.71. The van der Waals surface area contributed by atoms with Gasteiger partial charge < -0.3 is 47.2 Å². The fourth-order valence-corrected chi connectivity index (χ4v) is 2.90. The number of carboxylic acids is 3. The van der Waals surface area contributed by atoms with Crippen molar-refractivity contribution in [2.75, 3.05) is 6.61 Å².